The van der Waals surface area contributed by atoms with Crippen LogP contribution in [0.3, 0.4) is 0 Å². The van der Waals surface area contributed by atoms with Crippen LogP contribution in [0.15, 0.2) is 60.7 Å². The third-order valence-corrected chi connectivity index (χ3v) is 12.5. The standard InChI is InChI=1S/C25H33NO3Si/c1-17(2)30(18(3)4,19(5)6)29-23-22(20-13-9-7-10-14-20)26(25(23)28)24(27)21-15-11-8-12-16-21/h7-19,22-23H,1-6H3/t22-,23+/m0/s1. The van der Waals surface area contributed by atoms with Crippen LogP contribution >= 0.6 is 0 Å². The second kappa shape index (κ2) is 8.86. The summed E-state index contributed by atoms with van der Waals surface area (Å²) in [7, 11) is -2.28. The zero-order valence-electron chi connectivity index (χ0n) is 18.8. The quantitative estimate of drug-likeness (QED) is 0.313. The lowest BCUT2D eigenvalue weighted by Crippen LogP contribution is -2.66. The van der Waals surface area contributed by atoms with E-state index in [1.165, 1.54) is 4.90 Å². The van der Waals surface area contributed by atoms with Crippen molar-refractivity contribution in [2.24, 2.45) is 0 Å². The van der Waals surface area contributed by atoms with Crippen LogP contribution < -0.4 is 0 Å². The number of β-lactam (4-membered cyclic amide) rings is 1. The Balaban J connectivity index is 2.00. The third-order valence-electron chi connectivity index (χ3n) is 6.46. The van der Waals surface area contributed by atoms with Crippen molar-refractivity contribution >= 4 is 20.1 Å². The smallest absolute Gasteiger partial charge is 0.261 e. The first kappa shape index (κ1) is 22.4. The van der Waals surface area contributed by atoms with Gasteiger partial charge in [0.2, 0.25) is 8.32 Å². The second-order valence-electron chi connectivity index (χ2n) is 9.09. The van der Waals surface area contributed by atoms with E-state index in [1.807, 2.05) is 48.5 Å². The minimum atomic E-state index is -2.28. The second-order valence-corrected chi connectivity index (χ2v) is 14.5. The molecule has 0 bridgehead atoms. The van der Waals surface area contributed by atoms with E-state index in [-0.39, 0.29) is 11.8 Å². The Bertz CT molecular complexity index is 858. The molecule has 160 valence electrons. The molecule has 0 unspecified atom stereocenters. The summed E-state index contributed by atoms with van der Waals surface area (Å²) in [4.78, 5) is 27.9. The van der Waals surface area contributed by atoms with Crippen molar-refractivity contribution in [2.45, 2.75) is 70.3 Å². The molecule has 1 heterocycles. The molecule has 2 amide bonds. The number of carbonyl (C=O) groups is 2. The number of hydrogen-bond acceptors (Lipinski definition) is 3. The van der Waals surface area contributed by atoms with Crippen molar-refractivity contribution in [2.75, 3.05) is 0 Å². The van der Waals surface area contributed by atoms with Gasteiger partial charge in [-0.2, -0.15) is 0 Å². The topological polar surface area (TPSA) is 46.6 Å². The zero-order valence-corrected chi connectivity index (χ0v) is 19.8. The zero-order chi connectivity index (χ0) is 22.1. The van der Waals surface area contributed by atoms with Gasteiger partial charge in [0.25, 0.3) is 11.8 Å². The molecule has 1 fully saturated rings. The Hall–Kier alpha value is -2.24. The molecule has 0 aromatic heterocycles. The first-order chi connectivity index (χ1) is 14.2. The largest absolute Gasteiger partial charge is 0.402 e. The van der Waals surface area contributed by atoms with E-state index in [0.717, 1.165) is 5.56 Å². The van der Waals surface area contributed by atoms with Crippen molar-refractivity contribution in [3.05, 3.63) is 71.8 Å². The molecule has 4 nitrogen and oxygen atoms in total. The average Bonchev–Trinajstić information content (AvgIpc) is 2.72. The first-order valence-electron chi connectivity index (χ1n) is 10.9. The van der Waals surface area contributed by atoms with Crippen LogP contribution in [0.25, 0.3) is 0 Å². The highest BCUT2D eigenvalue weighted by molar-refractivity contribution is 6.77. The van der Waals surface area contributed by atoms with Gasteiger partial charge in [-0.1, -0.05) is 90.1 Å². The molecule has 1 aliphatic heterocycles. The highest BCUT2D eigenvalue weighted by Gasteiger charge is 2.57. The van der Waals surface area contributed by atoms with Gasteiger partial charge in [0, 0.05) is 5.56 Å². The van der Waals surface area contributed by atoms with E-state index >= 15 is 0 Å². The van der Waals surface area contributed by atoms with E-state index in [1.54, 1.807) is 12.1 Å². The van der Waals surface area contributed by atoms with E-state index in [0.29, 0.717) is 22.2 Å². The van der Waals surface area contributed by atoms with Gasteiger partial charge in [-0.15, -0.1) is 0 Å². The molecular weight excluding hydrogens is 390 g/mol. The molecule has 2 aromatic rings. The summed E-state index contributed by atoms with van der Waals surface area (Å²) in [5.74, 6) is -0.489. The van der Waals surface area contributed by atoms with Gasteiger partial charge in [0.15, 0.2) is 6.10 Å². The van der Waals surface area contributed by atoms with Gasteiger partial charge < -0.3 is 4.43 Å². The summed E-state index contributed by atoms with van der Waals surface area (Å²) in [5.41, 5.74) is 2.54. The van der Waals surface area contributed by atoms with E-state index < -0.39 is 20.5 Å². The summed E-state index contributed by atoms with van der Waals surface area (Å²) >= 11 is 0. The van der Waals surface area contributed by atoms with Gasteiger partial charge >= 0.3 is 0 Å². The molecule has 0 spiro atoms. The van der Waals surface area contributed by atoms with Crippen molar-refractivity contribution in [1.29, 1.82) is 0 Å². The summed E-state index contributed by atoms with van der Waals surface area (Å²) in [5, 5.41) is 0. The summed E-state index contributed by atoms with van der Waals surface area (Å²) < 4.78 is 6.85. The van der Waals surface area contributed by atoms with Gasteiger partial charge in [-0.25, -0.2) is 0 Å². The predicted octanol–water partition coefficient (Wildman–Crippen LogP) is 5.97. The predicted molar refractivity (Wildman–Crippen MR) is 123 cm³/mol. The minimum absolute atomic E-state index is 0.225. The molecule has 1 aliphatic rings. The lowest BCUT2D eigenvalue weighted by Gasteiger charge is -2.52. The van der Waals surface area contributed by atoms with Crippen molar-refractivity contribution < 1.29 is 14.0 Å². The van der Waals surface area contributed by atoms with Crippen LogP contribution in [-0.2, 0) is 9.22 Å². The summed E-state index contributed by atoms with van der Waals surface area (Å²) in [6.07, 6.45) is -0.612. The van der Waals surface area contributed by atoms with E-state index in [9.17, 15) is 9.59 Å². The number of benzene rings is 2. The van der Waals surface area contributed by atoms with Crippen LogP contribution in [0.4, 0.5) is 0 Å². The van der Waals surface area contributed by atoms with Gasteiger partial charge in [0.1, 0.15) is 0 Å². The Kier molecular flexibility index (Phi) is 6.63. The van der Waals surface area contributed by atoms with E-state index in [2.05, 4.69) is 41.5 Å². The van der Waals surface area contributed by atoms with Gasteiger partial charge in [-0.3, -0.25) is 14.5 Å². The van der Waals surface area contributed by atoms with Crippen LogP contribution in [0.5, 0.6) is 0 Å². The van der Waals surface area contributed by atoms with Crippen molar-refractivity contribution in [3.63, 3.8) is 0 Å². The lowest BCUT2D eigenvalue weighted by atomic mass is 9.90. The number of nitrogens with zero attached hydrogens (tertiary/aromatic N) is 1. The fourth-order valence-corrected chi connectivity index (χ4v) is 10.6. The van der Waals surface area contributed by atoms with Crippen LogP contribution in [0.2, 0.25) is 16.6 Å². The normalized spacial score (nSPS) is 19.5. The monoisotopic (exact) mass is 423 g/mol. The first-order valence-corrected chi connectivity index (χ1v) is 13.0. The fraction of sp³-hybridized carbons (Fsp3) is 0.440. The van der Waals surface area contributed by atoms with Crippen molar-refractivity contribution in [1.82, 2.24) is 4.90 Å². The number of imide groups is 1. The SMILES string of the molecule is CC(C)[Si](O[C@H]1C(=O)N(C(=O)c2ccccc2)[C@H]1c1ccccc1)(C(C)C)C(C)C. The molecule has 0 N–H and O–H groups in total. The molecule has 0 aliphatic carbocycles. The maximum atomic E-state index is 13.3. The minimum Gasteiger partial charge on any atom is -0.402 e. The molecule has 2 aromatic carbocycles. The fourth-order valence-electron chi connectivity index (χ4n) is 5.13. The van der Waals surface area contributed by atoms with Gasteiger partial charge in [-0.05, 0) is 34.3 Å². The third kappa shape index (κ3) is 3.76. The Morgan fingerprint density at radius 2 is 1.30 bits per heavy atom. The Morgan fingerprint density at radius 1 is 0.833 bits per heavy atom. The summed E-state index contributed by atoms with van der Waals surface area (Å²) in [6, 6.07) is 18.4. The molecule has 5 heteroatoms. The highest BCUT2D eigenvalue weighted by atomic mass is 28.4. The number of likely N-dealkylation sites (tertiary alicyclic amines) is 1. The molecule has 30 heavy (non-hydrogen) atoms. The maximum absolute atomic E-state index is 13.3. The molecule has 2 atom stereocenters. The number of rotatable bonds is 7. The van der Waals surface area contributed by atoms with Crippen LogP contribution in [-0.4, -0.2) is 31.1 Å². The molecular formula is C25H33NO3Si. The van der Waals surface area contributed by atoms with E-state index in [4.69, 9.17) is 4.43 Å². The van der Waals surface area contributed by atoms with Crippen LogP contribution in [0.1, 0.15) is 63.5 Å². The molecule has 3 rings (SSSR count). The van der Waals surface area contributed by atoms with Crippen molar-refractivity contribution in [3.8, 4) is 0 Å². The number of carbonyl (C=O) groups excluding carboxylic acids is 2. The van der Waals surface area contributed by atoms with Crippen LogP contribution in [0, 0.1) is 0 Å². The average molecular weight is 424 g/mol. The molecule has 0 saturated carbocycles. The number of hydrogen-bond donors (Lipinski definition) is 0. The number of amides is 2. The molecule has 0 radical (unpaired) electrons. The lowest BCUT2D eigenvalue weighted by molar-refractivity contribution is -0.159. The Morgan fingerprint density at radius 3 is 1.77 bits per heavy atom. The van der Waals surface area contributed by atoms with Gasteiger partial charge in [0.05, 0.1) is 6.04 Å². The molecule has 1 saturated heterocycles. The maximum Gasteiger partial charge on any atom is 0.261 e. The summed E-state index contributed by atoms with van der Waals surface area (Å²) in [6.45, 7) is 13.2. The Labute approximate surface area is 181 Å². The highest BCUT2D eigenvalue weighted by Crippen LogP contribution is 2.48.